The molecular weight excluding hydrogens is 356 g/mol. The van der Waals surface area contributed by atoms with Crippen molar-refractivity contribution in [3.63, 3.8) is 0 Å². The van der Waals surface area contributed by atoms with Crippen molar-refractivity contribution in [2.75, 3.05) is 5.32 Å². The lowest BCUT2D eigenvalue weighted by molar-refractivity contribution is -0.116. The van der Waals surface area contributed by atoms with Crippen molar-refractivity contribution in [2.24, 2.45) is 0 Å². The molecule has 4 rings (SSSR count). The molecule has 6 heteroatoms. The van der Waals surface area contributed by atoms with Crippen LogP contribution in [-0.2, 0) is 4.79 Å². The van der Waals surface area contributed by atoms with Crippen LogP contribution in [0, 0.1) is 0 Å². The van der Waals surface area contributed by atoms with Crippen molar-refractivity contribution >= 4 is 27.7 Å². The molecule has 0 fully saturated rings. The first-order valence-corrected chi connectivity index (χ1v) is 8.05. The fraction of sp³-hybridized carbons (Fsp3) is 0.118. The highest BCUT2D eigenvalue weighted by atomic mass is 79.9. The molecule has 114 valence electrons. The van der Waals surface area contributed by atoms with Gasteiger partial charge in [-0.3, -0.25) is 14.3 Å². The number of carbonyl (C=O) groups is 1. The number of hydrogen-bond acceptors (Lipinski definition) is 3. The minimum atomic E-state index is -0.0627. The Labute approximate surface area is 141 Å². The molecule has 1 aromatic carbocycles. The Morgan fingerprint density at radius 2 is 2.09 bits per heavy atom. The van der Waals surface area contributed by atoms with Gasteiger partial charge in [-0.2, -0.15) is 0 Å². The summed E-state index contributed by atoms with van der Waals surface area (Å²) in [5, 5.41) is 2.94. The van der Waals surface area contributed by atoms with Crippen LogP contribution < -0.4 is 5.32 Å². The third-order valence-electron chi connectivity index (χ3n) is 3.98. The number of rotatable bonds is 2. The first-order chi connectivity index (χ1) is 11.2. The van der Waals surface area contributed by atoms with Crippen molar-refractivity contribution in [2.45, 2.75) is 12.3 Å². The molecule has 0 saturated carbocycles. The quantitative estimate of drug-likeness (QED) is 0.752. The van der Waals surface area contributed by atoms with Crippen LogP contribution in [0.5, 0.6) is 0 Å². The van der Waals surface area contributed by atoms with Crippen LogP contribution in [0.15, 0.2) is 59.6 Å². The fourth-order valence-electron chi connectivity index (χ4n) is 2.91. The Kier molecular flexibility index (Phi) is 3.46. The SMILES string of the molecule is O=C1C[C@H](c2ccccc2Br)c2ncn(-c3cccnc3)c2N1. The molecular formula is C17H13BrN4O. The normalized spacial score (nSPS) is 16.7. The van der Waals surface area contributed by atoms with Crippen LogP contribution in [-0.4, -0.2) is 20.4 Å². The molecule has 3 heterocycles. The van der Waals surface area contributed by atoms with Crippen LogP contribution >= 0.6 is 15.9 Å². The average Bonchev–Trinajstić information content (AvgIpc) is 2.99. The summed E-state index contributed by atoms with van der Waals surface area (Å²) in [7, 11) is 0. The molecule has 0 aliphatic carbocycles. The van der Waals surface area contributed by atoms with Gasteiger partial charge < -0.3 is 5.32 Å². The second-order valence-electron chi connectivity index (χ2n) is 5.39. The van der Waals surface area contributed by atoms with E-state index in [1.807, 2.05) is 41.0 Å². The number of nitrogens with one attached hydrogen (secondary N) is 1. The maximum atomic E-state index is 12.2. The standard InChI is InChI=1S/C17H13BrN4O/c18-14-6-2-1-5-12(14)13-8-15(23)21-17-16(13)20-10-22(17)11-4-3-7-19-9-11/h1-7,9-10,13H,8H2,(H,21,23)/t13-/m1/s1. The number of nitrogens with zero attached hydrogens (tertiary/aromatic N) is 3. The molecule has 5 nitrogen and oxygen atoms in total. The molecule has 1 aliphatic rings. The maximum absolute atomic E-state index is 12.2. The van der Waals surface area contributed by atoms with Crippen LogP contribution in [0.4, 0.5) is 5.82 Å². The van der Waals surface area contributed by atoms with E-state index in [4.69, 9.17) is 0 Å². The molecule has 1 aliphatic heterocycles. The van der Waals surface area contributed by atoms with Crippen LogP contribution in [0.1, 0.15) is 23.6 Å². The van der Waals surface area contributed by atoms with Crippen molar-refractivity contribution in [3.05, 3.63) is 70.8 Å². The third-order valence-corrected chi connectivity index (χ3v) is 4.70. The predicted molar refractivity (Wildman–Crippen MR) is 90.6 cm³/mol. The van der Waals surface area contributed by atoms with E-state index in [1.54, 1.807) is 18.7 Å². The average molecular weight is 369 g/mol. The number of imidazole rings is 1. The Morgan fingerprint density at radius 3 is 2.87 bits per heavy atom. The van der Waals surface area contributed by atoms with Crippen molar-refractivity contribution in [1.82, 2.24) is 14.5 Å². The number of aromatic nitrogens is 3. The molecule has 0 saturated heterocycles. The minimum Gasteiger partial charge on any atom is -0.310 e. The summed E-state index contributed by atoms with van der Waals surface area (Å²) in [6.07, 6.45) is 5.59. The zero-order valence-electron chi connectivity index (χ0n) is 12.1. The molecule has 0 unspecified atom stereocenters. The Balaban J connectivity index is 1.85. The lowest BCUT2D eigenvalue weighted by Gasteiger charge is -2.24. The summed E-state index contributed by atoms with van der Waals surface area (Å²) >= 11 is 3.58. The van der Waals surface area contributed by atoms with Gasteiger partial charge in [-0.15, -0.1) is 0 Å². The van der Waals surface area contributed by atoms with Gasteiger partial charge in [0.2, 0.25) is 5.91 Å². The van der Waals surface area contributed by atoms with E-state index in [0.717, 1.165) is 27.2 Å². The molecule has 1 atom stereocenters. The Bertz CT molecular complexity index is 875. The highest BCUT2D eigenvalue weighted by molar-refractivity contribution is 9.10. The number of halogens is 1. The van der Waals surface area contributed by atoms with Gasteiger partial charge in [-0.25, -0.2) is 4.98 Å². The van der Waals surface area contributed by atoms with Gasteiger partial charge >= 0.3 is 0 Å². The van der Waals surface area contributed by atoms with E-state index in [9.17, 15) is 4.79 Å². The summed E-state index contributed by atoms with van der Waals surface area (Å²) in [4.78, 5) is 20.9. The lowest BCUT2D eigenvalue weighted by Crippen LogP contribution is -2.25. The number of amides is 1. The molecule has 0 radical (unpaired) electrons. The number of hydrogen-bond donors (Lipinski definition) is 1. The monoisotopic (exact) mass is 368 g/mol. The van der Waals surface area contributed by atoms with E-state index < -0.39 is 0 Å². The Morgan fingerprint density at radius 1 is 1.22 bits per heavy atom. The first-order valence-electron chi connectivity index (χ1n) is 7.26. The molecule has 2 aromatic heterocycles. The fourth-order valence-corrected chi connectivity index (χ4v) is 3.47. The molecule has 0 spiro atoms. The van der Waals surface area contributed by atoms with Gasteiger partial charge in [-0.05, 0) is 23.8 Å². The van der Waals surface area contributed by atoms with Gasteiger partial charge in [0.05, 0.1) is 17.6 Å². The number of pyridine rings is 1. The smallest absolute Gasteiger partial charge is 0.226 e. The minimum absolute atomic E-state index is 0.0103. The van der Waals surface area contributed by atoms with Gasteiger partial charge in [0.25, 0.3) is 0 Å². The van der Waals surface area contributed by atoms with Gasteiger partial charge in [0.15, 0.2) is 0 Å². The summed E-state index contributed by atoms with van der Waals surface area (Å²) in [6.45, 7) is 0. The second-order valence-corrected chi connectivity index (χ2v) is 6.24. The molecule has 1 amide bonds. The topological polar surface area (TPSA) is 59.8 Å². The first kappa shape index (κ1) is 14.1. The number of carbonyl (C=O) groups excluding carboxylic acids is 1. The highest BCUT2D eigenvalue weighted by Gasteiger charge is 2.31. The molecule has 0 bridgehead atoms. The van der Waals surface area contributed by atoms with Gasteiger partial charge in [0, 0.05) is 23.0 Å². The van der Waals surface area contributed by atoms with E-state index in [0.29, 0.717) is 6.42 Å². The second kappa shape index (κ2) is 5.62. The maximum Gasteiger partial charge on any atom is 0.226 e. The van der Waals surface area contributed by atoms with Crippen molar-refractivity contribution < 1.29 is 4.79 Å². The van der Waals surface area contributed by atoms with E-state index in [2.05, 4.69) is 31.2 Å². The number of benzene rings is 1. The van der Waals surface area contributed by atoms with Crippen molar-refractivity contribution in [3.8, 4) is 5.69 Å². The van der Waals surface area contributed by atoms with Crippen LogP contribution in [0.2, 0.25) is 0 Å². The summed E-state index contributed by atoms with van der Waals surface area (Å²) in [6, 6.07) is 11.7. The number of anilines is 1. The van der Waals surface area contributed by atoms with Gasteiger partial charge in [0.1, 0.15) is 12.1 Å². The Hall–Kier alpha value is -2.47. The summed E-state index contributed by atoms with van der Waals surface area (Å²) in [5.41, 5.74) is 2.81. The van der Waals surface area contributed by atoms with E-state index in [-0.39, 0.29) is 11.8 Å². The zero-order chi connectivity index (χ0) is 15.8. The lowest BCUT2D eigenvalue weighted by atomic mass is 9.90. The van der Waals surface area contributed by atoms with Gasteiger partial charge in [-0.1, -0.05) is 34.1 Å². The molecule has 1 N–H and O–H groups in total. The van der Waals surface area contributed by atoms with E-state index in [1.165, 1.54) is 0 Å². The van der Waals surface area contributed by atoms with E-state index >= 15 is 0 Å². The van der Waals surface area contributed by atoms with Crippen LogP contribution in [0.3, 0.4) is 0 Å². The predicted octanol–water partition coefficient (Wildman–Crippen LogP) is 3.50. The number of fused-ring (bicyclic) bond motifs is 1. The highest BCUT2D eigenvalue weighted by Crippen LogP contribution is 2.39. The molecule has 3 aromatic rings. The summed E-state index contributed by atoms with van der Waals surface area (Å²) < 4.78 is 2.85. The van der Waals surface area contributed by atoms with Crippen molar-refractivity contribution in [1.29, 1.82) is 0 Å². The molecule has 23 heavy (non-hydrogen) atoms. The largest absolute Gasteiger partial charge is 0.310 e. The van der Waals surface area contributed by atoms with Crippen LogP contribution in [0.25, 0.3) is 5.69 Å². The summed E-state index contributed by atoms with van der Waals surface area (Å²) in [5.74, 6) is 0.645. The zero-order valence-corrected chi connectivity index (χ0v) is 13.7. The third kappa shape index (κ3) is 2.45.